The number of aromatic nitrogens is 2. The average Bonchev–Trinajstić information content (AvgIpc) is 2.96. The van der Waals surface area contributed by atoms with Crippen LogP contribution in [0.1, 0.15) is 23.7 Å². The van der Waals surface area contributed by atoms with Crippen LogP contribution in [-0.4, -0.2) is 16.0 Å². The Hall–Kier alpha value is -2.95. The molecule has 1 aromatic heterocycles. The first kappa shape index (κ1) is 16.5. The number of para-hydroxylation sites is 1. The van der Waals surface area contributed by atoms with Gasteiger partial charge in [-0.05, 0) is 49.6 Å². The first-order valence-electron chi connectivity index (χ1n) is 8.81. The summed E-state index contributed by atoms with van der Waals surface area (Å²) in [6.07, 6.45) is 1.01. The number of nitrogens with one attached hydrogen (secondary N) is 1. The monoisotopic (exact) mass is 348 g/mol. The van der Waals surface area contributed by atoms with Crippen LogP contribution in [0.25, 0.3) is 0 Å². The summed E-state index contributed by atoms with van der Waals surface area (Å²) in [5.41, 5.74) is 4.45. The molecule has 1 aliphatic heterocycles. The lowest BCUT2D eigenvalue weighted by Crippen LogP contribution is -2.25. The molecule has 2 aromatic carbocycles. The van der Waals surface area contributed by atoms with Crippen molar-refractivity contribution >= 4 is 17.5 Å². The highest BCUT2D eigenvalue weighted by Gasteiger charge is 2.28. The lowest BCUT2D eigenvalue weighted by Gasteiger charge is -2.24. The maximum atomic E-state index is 13.0. The maximum absolute atomic E-state index is 13.0. The van der Waals surface area contributed by atoms with Crippen molar-refractivity contribution in [3.8, 4) is 0 Å². The van der Waals surface area contributed by atoms with Crippen LogP contribution in [0.4, 0.5) is 21.8 Å². The van der Waals surface area contributed by atoms with Gasteiger partial charge in [-0.1, -0.05) is 30.3 Å². The number of nitrogens with zero attached hydrogens (tertiary/aromatic N) is 3. The molecule has 0 saturated carbocycles. The van der Waals surface area contributed by atoms with E-state index in [1.807, 2.05) is 13.0 Å². The number of hydrogen-bond donors (Lipinski definition) is 1. The molecule has 1 aliphatic rings. The van der Waals surface area contributed by atoms with Crippen LogP contribution in [-0.2, 0) is 13.0 Å². The van der Waals surface area contributed by atoms with E-state index in [1.165, 1.54) is 23.4 Å². The molecule has 4 rings (SSSR count). The van der Waals surface area contributed by atoms with Gasteiger partial charge < -0.3 is 10.2 Å². The van der Waals surface area contributed by atoms with Crippen LogP contribution < -0.4 is 10.2 Å². The van der Waals surface area contributed by atoms with Gasteiger partial charge in [0.25, 0.3) is 0 Å². The van der Waals surface area contributed by atoms with Gasteiger partial charge in [0, 0.05) is 30.0 Å². The van der Waals surface area contributed by atoms with Gasteiger partial charge in [-0.3, -0.25) is 0 Å². The summed E-state index contributed by atoms with van der Waals surface area (Å²) in [5, 5.41) is 3.25. The van der Waals surface area contributed by atoms with Crippen LogP contribution in [0.15, 0.2) is 54.6 Å². The van der Waals surface area contributed by atoms with Crippen molar-refractivity contribution in [2.24, 2.45) is 0 Å². The molecule has 1 N–H and O–H groups in total. The van der Waals surface area contributed by atoms with E-state index in [4.69, 9.17) is 4.98 Å². The zero-order valence-electron chi connectivity index (χ0n) is 14.9. The van der Waals surface area contributed by atoms with Crippen molar-refractivity contribution < 1.29 is 4.39 Å². The van der Waals surface area contributed by atoms with Gasteiger partial charge in [0.1, 0.15) is 11.6 Å². The van der Waals surface area contributed by atoms with E-state index in [0.717, 1.165) is 23.5 Å². The molecular formula is C21H21FN4. The lowest BCUT2D eigenvalue weighted by atomic mass is 10.1. The van der Waals surface area contributed by atoms with Crippen molar-refractivity contribution in [1.82, 2.24) is 9.97 Å². The molecule has 4 nitrogen and oxygen atoms in total. The van der Waals surface area contributed by atoms with E-state index in [2.05, 4.69) is 46.4 Å². The Labute approximate surface area is 152 Å². The number of fused-ring (bicyclic) bond motifs is 1. The van der Waals surface area contributed by atoms with Crippen LogP contribution in [0.5, 0.6) is 0 Å². The molecular weight excluding hydrogens is 327 g/mol. The summed E-state index contributed by atoms with van der Waals surface area (Å²) in [6.45, 7) is 4.74. The van der Waals surface area contributed by atoms with Gasteiger partial charge in [0.15, 0.2) is 0 Å². The Kier molecular flexibility index (Phi) is 4.29. The summed E-state index contributed by atoms with van der Waals surface area (Å²) in [5.74, 6) is 1.25. The first-order valence-corrected chi connectivity index (χ1v) is 8.81. The van der Waals surface area contributed by atoms with Crippen molar-refractivity contribution in [3.63, 3.8) is 0 Å². The minimum atomic E-state index is -0.232. The van der Waals surface area contributed by atoms with Crippen molar-refractivity contribution in [3.05, 3.63) is 77.2 Å². The molecule has 0 fully saturated rings. The van der Waals surface area contributed by atoms with Gasteiger partial charge >= 0.3 is 0 Å². The zero-order valence-corrected chi connectivity index (χ0v) is 14.9. The van der Waals surface area contributed by atoms with Crippen LogP contribution >= 0.6 is 0 Å². The number of hydrogen-bond acceptors (Lipinski definition) is 4. The highest BCUT2D eigenvalue weighted by atomic mass is 19.1. The smallest absolute Gasteiger partial charge is 0.225 e. The summed E-state index contributed by atoms with van der Waals surface area (Å²) < 4.78 is 13.0. The predicted octanol–water partition coefficient (Wildman–Crippen LogP) is 4.62. The van der Waals surface area contributed by atoms with Crippen LogP contribution in [0.2, 0.25) is 0 Å². The normalized spacial score (nSPS) is 15.8. The number of rotatable bonds is 4. The van der Waals surface area contributed by atoms with E-state index in [-0.39, 0.29) is 5.82 Å². The average molecular weight is 348 g/mol. The van der Waals surface area contributed by atoms with Crippen molar-refractivity contribution in [2.75, 3.05) is 10.2 Å². The third-order valence-corrected chi connectivity index (χ3v) is 4.66. The fraction of sp³-hybridized carbons (Fsp3) is 0.238. The molecule has 0 bridgehead atoms. The lowest BCUT2D eigenvalue weighted by molar-refractivity contribution is 0.627. The Balaban J connectivity index is 1.59. The summed E-state index contributed by atoms with van der Waals surface area (Å²) in [7, 11) is 0. The fourth-order valence-electron chi connectivity index (χ4n) is 3.45. The Bertz CT molecular complexity index is 924. The molecule has 1 unspecified atom stereocenters. The molecule has 0 saturated heterocycles. The molecule has 2 heterocycles. The topological polar surface area (TPSA) is 41.1 Å². The second kappa shape index (κ2) is 6.75. The van der Waals surface area contributed by atoms with E-state index >= 15 is 0 Å². The maximum Gasteiger partial charge on any atom is 0.225 e. The number of halogens is 1. The van der Waals surface area contributed by atoms with E-state index < -0.39 is 0 Å². The Morgan fingerprint density at radius 3 is 2.69 bits per heavy atom. The molecule has 3 aromatic rings. The summed E-state index contributed by atoms with van der Waals surface area (Å²) in [4.78, 5) is 11.5. The minimum Gasteiger partial charge on any atom is -0.350 e. The van der Waals surface area contributed by atoms with Gasteiger partial charge in [0.2, 0.25) is 5.95 Å². The van der Waals surface area contributed by atoms with Gasteiger partial charge in [-0.15, -0.1) is 0 Å². The summed E-state index contributed by atoms with van der Waals surface area (Å²) in [6, 6.07) is 17.3. The second-order valence-corrected chi connectivity index (χ2v) is 6.72. The van der Waals surface area contributed by atoms with E-state index in [1.54, 1.807) is 12.1 Å². The minimum absolute atomic E-state index is 0.232. The fourth-order valence-corrected chi connectivity index (χ4v) is 3.45. The molecule has 1 atom stereocenters. The molecule has 0 aliphatic carbocycles. The van der Waals surface area contributed by atoms with Crippen molar-refractivity contribution in [2.45, 2.75) is 32.9 Å². The van der Waals surface area contributed by atoms with Gasteiger partial charge in [-0.25, -0.2) is 9.37 Å². The van der Waals surface area contributed by atoms with Crippen molar-refractivity contribution in [1.29, 1.82) is 0 Å². The third-order valence-electron chi connectivity index (χ3n) is 4.66. The number of aryl methyl sites for hydroxylation is 1. The summed E-state index contributed by atoms with van der Waals surface area (Å²) >= 11 is 0. The molecule has 0 radical (unpaired) electrons. The zero-order chi connectivity index (χ0) is 18.1. The molecule has 26 heavy (non-hydrogen) atoms. The standard InChI is InChI=1S/C21H21FN4/c1-14-11-20(26-15(2)12-17-5-3-4-6-19(17)26)25-21(24-14)23-13-16-7-9-18(22)10-8-16/h3-11,15H,12-13H2,1-2H3,(H,23,24,25). The van der Waals surface area contributed by atoms with Gasteiger partial charge in [0.05, 0.1) is 0 Å². The Morgan fingerprint density at radius 1 is 1.12 bits per heavy atom. The van der Waals surface area contributed by atoms with Crippen LogP contribution in [0, 0.1) is 12.7 Å². The quantitative estimate of drug-likeness (QED) is 0.747. The first-order chi connectivity index (χ1) is 12.6. The molecule has 0 spiro atoms. The molecule has 0 amide bonds. The highest BCUT2D eigenvalue weighted by molar-refractivity contribution is 5.69. The van der Waals surface area contributed by atoms with Gasteiger partial charge in [-0.2, -0.15) is 4.98 Å². The van der Waals surface area contributed by atoms with Crippen LogP contribution in [0.3, 0.4) is 0 Å². The largest absolute Gasteiger partial charge is 0.350 e. The molecule has 132 valence electrons. The highest BCUT2D eigenvalue weighted by Crippen LogP contribution is 2.37. The molecule has 5 heteroatoms. The van der Waals surface area contributed by atoms with E-state index in [9.17, 15) is 4.39 Å². The number of anilines is 3. The third kappa shape index (κ3) is 3.25. The number of benzene rings is 2. The SMILES string of the molecule is Cc1cc(N2c3ccccc3CC2C)nc(NCc2ccc(F)cc2)n1. The Morgan fingerprint density at radius 2 is 1.88 bits per heavy atom. The second-order valence-electron chi connectivity index (χ2n) is 6.72. The predicted molar refractivity (Wildman–Crippen MR) is 102 cm³/mol. The van der Waals surface area contributed by atoms with E-state index in [0.29, 0.717) is 18.5 Å².